The summed E-state index contributed by atoms with van der Waals surface area (Å²) in [6, 6.07) is 32.2. The van der Waals surface area contributed by atoms with Crippen molar-refractivity contribution in [3.05, 3.63) is 96.3 Å². The van der Waals surface area contributed by atoms with Gasteiger partial charge in [-0.3, -0.25) is 0 Å². The average Bonchev–Trinajstić information content (AvgIpc) is 2.75. The molecule has 1 aliphatic heterocycles. The summed E-state index contributed by atoms with van der Waals surface area (Å²) >= 11 is 0. The molecule has 0 aliphatic carbocycles. The minimum Gasteiger partial charge on any atom is -0.207 e. The standard InChI is InChI=1S/C25H27FSi/c26-23-15-13-21(14-16-23)11-12-22-17-19-27(20-18-22,24-7-3-1-4-8-24)25-9-5-2-6-10-25/h1-10,13-16,22H,11-12,17-20H2. The van der Waals surface area contributed by atoms with E-state index in [1.807, 2.05) is 12.1 Å². The Bertz CT molecular complexity index is 793. The number of hydrogen-bond donors (Lipinski definition) is 0. The average molecular weight is 375 g/mol. The molecule has 0 atom stereocenters. The normalized spacial score (nSPS) is 16.9. The van der Waals surface area contributed by atoms with Crippen molar-refractivity contribution in [3.63, 3.8) is 0 Å². The Morgan fingerprint density at radius 1 is 0.704 bits per heavy atom. The molecule has 0 bridgehead atoms. The van der Waals surface area contributed by atoms with E-state index in [0.717, 1.165) is 12.3 Å². The summed E-state index contributed by atoms with van der Waals surface area (Å²) in [5.41, 5.74) is 1.26. The van der Waals surface area contributed by atoms with Crippen LogP contribution >= 0.6 is 0 Å². The zero-order valence-electron chi connectivity index (χ0n) is 15.8. The van der Waals surface area contributed by atoms with Crippen LogP contribution in [0.2, 0.25) is 12.1 Å². The lowest BCUT2D eigenvalue weighted by Gasteiger charge is -2.39. The molecule has 138 valence electrons. The van der Waals surface area contributed by atoms with Crippen molar-refractivity contribution in [1.29, 1.82) is 0 Å². The van der Waals surface area contributed by atoms with Gasteiger partial charge in [-0.1, -0.05) is 96.0 Å². The molecular formula is C25H27FSi. The lowest BCUT2D eigenvalue weighted by molar-refractivity contribution is 0.437. The van der Waals surface area contributed by atoms with Gasteiger partial charge in [0, 0.05) is 0 Å². The van der Waals surface area contributed by atoms with Crippen LogP contribution < -0.4 is 10.4 Å². The van der Waals surface area contributed by atoms with Gasteiger partial charge in [-0.15, -0.1) is 0 Å². The first-order valence-electron chi connectivity index (χ1n) is 10.1. The molecule has 4 rings (SSSR count). The van der Waals surface area contributed by atoms with Crippen LogP contribution in [0, 0.1) is 11.7 Å². The summed E-state index contributed by atoms with van der Waals surface area (Å²) in [6.45, 7) is 0. The molecule has 0 aromatic heterocycles. The van der Waals surface area contributed by atoms with Crippen LogP contribution in [0.15, 0.2) is 84.9 Å². The molecular weight excluding hydrogens is 347 g/mol. The second-order valence-electron chi connectivity index (χ2n) is 7.92. The van der Waals surface area contributed by atoms with Gasteiger partial charge in [0.2, 0.25) is 0 Å². The molecule has 0 amide bonds. The van der Waals surface area contributed by atoms with E-state index in [2.05, 4.69) is 60.7 Å². The van der Waals surface area contributed by atoms with Gasteiger partial charge in [0.1, 0.15) is 13.9 Å². The first kappa shape index (κ1) is 18.2. The van der Waals surface area contributed by atoms with Crippen molar-refractivity contribution < 1.29 is 4.39 Å². The van der Waals surface area contributed by atoms with E-state index in [0.29, 0.717) is 0 Å². The number of aryl methyl sites for hydroxylation is 1. The van der Waals surface area contributed by atoms with E-state index >= 15 is 0 Å². The quantitative estimate of drug-likeness (QED) is 0.522. The maximum absolute atomic E-state index is 13.1. The molecule has 0 saturated carbocycles. The molecule has 2 heteroatoms. The molecule has 27 heavy (non-hydrogen) atoms. The van der Waals surface area contributed by atoms with Crippen LogP contribution in [-0.2, 0) is 6.42 Å². The molecule has 1 saturated heterocycles. The van der Waals surface area contributed by atoms with Gasteiger partial charge >= 0.3 is 0 Å². The van der Waals surface area contributed by atoms with E-state index in [1.165, 1.54) is 36.9 Å². The first-order valence-corrected chi connectivity index (χ1v) is 12.5. The number of benzene rings is 3. The van der Waals surface area contributed by atoms with Crippen molar-refractivity contribution in [2.75, 3.05) is 0 Å². The second-order valence-corrected chi connectivity index (χ2v) is 12.2. The van der Waals surface area contributed by atoms with Gasteiger partial charge in [-0.05, 0) is 48.5 Å². The van der Waals surface area contributed by atoms with E-state index in [1.54, 1.807) is 22.5 Å². The monoisotopic (exact) mass is 374 g/mol. The first-order chi connectivity index (χ1) is 13.3. The van der Waals surface area contributed by atoms with Gasteiger partial charge in [-0.25, -0.2) is 4.39 Å². The Morgan fingerprint density at radius 2 is 1.22 bits per heavy atom. The summed E-state index contributed by atoms with van der Waals surface area (Å²) in [7, 11) is -1.64. The van der Waals surface area contributed by atoms with E-state index in [9.17, 15) is 4.39 Å². The van der Waals surface area contributed by atoms with Gasteiger partial charge in [-0.2, -0.15) is 0 Å². The Labute approximate surface area is 163 Å². The number of halogens is 1. The molecule has 1 fully saturated rings. The highest BCUT2D eigenvalue weighted by Gasteiger charge is 2.40. The topological polar surface area (TPSA) is 0 Å². The third-order valence-corrected chi connectivity index (χ3v) is 11.5. The summed E-state index contributed by atoms with van der Waals surface area (Å²) in [5, 5.41) is 3.18. The second kappa shape index (κ2) is 8.22. The molecule has 0 radical (unpaired) electrons. The number of hydrogen-bond acceptors (Lipinski definition) is 0. The maximum atomic E-state index is 13.1. The summed E-state index contributed by atoms with van der Waals surface area (Å²) in [4.78, 5) is 0. The molecule has 0 unspecified atom stereocenters. The summed E-state index contributed by atoms with van der Waals surface area (Å²) < 4.78 is 13.1. The smallest absolute Gasteiger partial charge is 0.123 e. The highest BCUT2D eigenvalue weighted by Crippen LogP contribution is 2.34. The van der Waals surface area contributed by atoms with Crippen LogP contribution in [-0.4, -0.2) is 8.07 Å². The molecule has 3 aromatic rings. The van der Waals surface area contributed by atoms with E-state index in [4.69, 9.17) is 0 Å². The Morgan fingerprint density at radius 3 is 1.74 bits per heavy atom. The third-order valence-electron chi connectivity index (χ3n) is 6.37. The fraction of sp³-hybridized carbons (Fsp3) is 0.280. The summed E-state index contributed by atoms with van der Waals surface area (Å²) in [5.74, 6) is 0.654. The zero-order chi connectivity index (χ0) is 18.5. The van der Waals surface area contributed by atoms with Crippen LogP contribution in [0.4, 0.5) is 4.39 Å². The van der Waals surface area contributed by atoms with Crippen LogP contribution in [0.5, 0.6) is 0 Å². The Kier molecular flexibility index (Phi) is 5.54. The SMILES string of the molecule is Fc1ccc(CCC2CC[Si](c3ccccc3)(c3ccccc3)CC2)cc1. The predicted molar refractivity (Wildman–Crippen MR) is 115 cm³/mol. The minimum atomic E-state index is -1.64. The van der Waals surface area contributed by atoms with Crippen molar-refractivity contribution in [2.24, 2.45) is 5.92 Å². The molecule has 0 nitrogen and oxygen atoms in total. The third kappa shape index (κ3) is 4.06. The lowest BCUT2D eigenvalue weighted by atomic mass is 9.94. The largest absolute Gasteiger partial charge is 0.207 e. The summed E-state index contributed by atoms with van der Waals surface area (Å²) in [6.07, 6.45) is 4.92. The minimum absolute atomic E-state index is 0.141. The molecule has 0 spiro atoms. The molecule has 1 aliphatic rings. The Hall–Kier alpha value is -2.19. The molecule has 3 aromatic carbocycles. The zero-order valence-corrected chi connectivity index (χ0v) is 16.8. The highest BCUT2D eigenvalue weighted by molar-refractivity contribution is 7.02. The van der Waals surface area contributed by atoms with Gasteiger partial charge in [0.05, 0.1) is 0 Å². The predicted octanol–water partition coefficient (Wildman–Crippen LogP) is 5.43. The van der Waals surface area contributed by atoms with Gasteiger partial charge in [0.15, 0.2) is 0 Å². The van der Waals surface area contributed by atoms with Crippen LogP contribution in [0.25, 0.3) is 0 Å². The van der Waals surface area contributed by atoms with Gasteiger partial charge in [0.25, 0.3) is 0 Å². The van der Waals surface area contributed by atoms with Crippen LogP contribution in [0.1, 0.15) is 24.8 Å². The molecule has 0 N–H and O–H groups in total. The Balaban J connectivity index is 1.47. The highest BCUT2D eigenvalue weighted by atomic mass is 28.3. The van der Waals surface area contributed by atoms with Crippen molar-refractivity contribution in [1.82, 2.24) is 0 Å². The van der Waals surface area contributed by atoms with Crippen molar-refractivity contribution in [3.8, 4) is 0 Å². The van der Waals surface area contributed by atoms with Crippen molar-refractivity contribution in [2.45, 2.75) is 37.8 Å². The van der Waals surface area contributed by atoms with Crippen LogP contribution in [0.3, 0.4) is 0 Å². The molecule has 1 heterocycles. The fourth-order valence-corrected chi connectivity index (χ4v) is 9.94. The lowest BCUT2D eigenvalue weighted by Crippen LogP contribution is -2.59. The number of rotatable bonds is 5. The fourth-order valence-electron chi connectivity index (χ4n) is 4.74. The van der Waals surface area contributed by atoms with Crippen molar-refractivity contribution >= 4 is 18.4 Å². The van der Waals surface area contributed by atoms with E-state index in [-0.39, 0.29) is 5.82 Å². The van der Waals surface area contributed by atoms with E-state index < -0.39 is 8.07 Å². The van der Waals surface area contributed by atoms with Gasteiger partial charge < -0.3 is 0 Å². The maximum Gasteiger partial charge on any atom is 0.123 e.